The normalized spacial score (nSPS) is 13.8. The fraction of sp³-hybridized carbons (Fsp3) is 0.368. The first-order valence-electron chi connectivity index (χ1n) is 7.66. The van der Waals surface area contributed by atoms with E-state index in [9.17, 15) is 0 Å². The van der Waals surface area contributed by atoms with E-state index < -0.39 is 0 Å². The molecule has 20 heavy (non-hydrogen) atoms. The number of hydrogen-bond acceptors (Lipinski definition) is 1. The fourth-order valence-corrected chi connectivity index (χ4v) is 2.45. The van der Waals surface area contributed by atoms with E-state index in [2.05, 4.69) is 80.7 Å². The second-order valence-electron chi connectivity index (χ2n) is 5.45. The van der Waals surface area contributed by atoms with Crippen LogP contribution in [-0.2, 0) is 0 Å². The van der Waals surface area contributed by atoms with Gasteiger partial charge in [-0.15, -0.1) is 0 Å². The largest absolute Gasteiger partial charge is 0.378 e. The minimum atomic E-state index is 0.380. The van der Waals surface area contributed by atoms with Gasteiger partial charge in [0.2, 0.25) is 0 Å². The molecular weight excluding hydrogens is 242 g/mol. The highest BCUT2D eigenvalue weighted by molar-refractivity contribution is 5.47. The molecule has 0 saturated carbocycles. The number of hydrogen-bond donors (Lipinski definition) is 1. The summed E-state index contributed by atoms with van der Waals surface area (Å²) in [5, 5.41) is 3.63. The molecular formula is C19H25N. The Balaban J connectivity index is 2.08. The van der Waals surface area contributed by atoms with Crippen molar-refractivity contribution in [2.24, 2.45) is 0 Å². The molecule has 2 aromatic carbocycles. The summed E-state index contributed by atoms with van der Waals surface area (Å²) < 4.78 is 0. The van der Waals surface area contributed by atoms with Crippen LogP contribution in [0.3, 0.4) is 0 Å². The minimum absolute atomic E-state index is 0.380. The smallest absolute Gasteiger partial charge is 0.0511 e. The van der Waals surface area contributed by atoms with Crippen LogP contribution in [0.15, 0.2) is 54.6 Å². The lowest BCUT2D eigenvalue weighted by atomic mass is 9.98. The van der Waals surface area contributed by atoms with Gasteiger partial charge in [-0.25, -0.2) is 0 Å². The first kappa shape index (κ1) is 14.6. The third kappa shape index (κ3) is 3.63. The van der Waals surface area contributed by atoms with E-state index in [0.29, 0.717) is 12.0 Å². The topological polar surface area (TPSA) is 12.0 Å². The Morgan fingerprint density at radius 1 is 0.800 bits per heavy atom. The van der Waals surface area contributed by atoms with Crippen molar-refractivity contribution in [3.8, 4) is 0 Å². The Hall–Kier alpha value is -1.76. The van der Waals surface area contributed by atoms with Gasteiger partial charge < -0.3 is 5.32 Å². The molecule has 0 spiro atoms. The maximum absolute atomic E-state index is 3.63. The number of rotatable bonds is 6. The van der Waals surface area contributed by atoms with Gasteiger partial charge in [0.05, 0.1) is 6.04 Å². The molecule has 2 aromatic rings. The summed E-state index contributed by atoms with van der Waals surface area (Å²) in [5.41, 5.74) is 3.97. The molecule has 2 rings (SSSR count). The van der Waals surface area contributed by atoms with Crippen LogP contribution in [0.4, 0.5) is 5.69 Å². The summed E-state index contributed by atoms with van der Waals surface area (Å²) in [6.07, 6.45) is 2.27. The first-order chi connectivity index (χ1) is 9.74. The van der Waals surface area contributed by atoms with E-state index in [0.717, 1.165) is 6.42 Å². The van der Waals surface area contributed by atoms with Gasteiger partial charge in [-0.3, -0.25) is 0 Å². The molecule has 0 fully saturated rings. The Morgan fingerprint density at radius 2 is 1.45 bits per heavy atom. The van der Waals surface area contributed by atoms with Crippen molar-refractivity contribution in [2.75, 3.05) is 5.32 Å². The number of anilines is 1. The molecule has 0 saturated heterocycles. The van der Waals surface area contributed by atoms with Gasteiger partial charge in [0.25, 0.3) is 0 Å². The monoisotopic (exact) mass is 267 g/mol. The van der Waals surface area contributed by atoms with Crippen molar-refractivity contribution in [3.05, 3.63) is 65.7 Å². The van der Waals surface area contributed by atoms with Gasteiger partial charge >= 0.3 is 0 Å². The average Bonchev–Trinajstić information content (AvgIpc) is 2.53. The van der Waals surface area contributed by atoms with Crippen LogP contribution < -0.4 is 5.32 Å². The van der Waals surface area contributed by atoms with Gasteiger partial charge in [-0.05, 0) is 42.0 Å². The maximum Gasteiger partial charge on any atom is 0.0511 e. The molecule has 0 aliphatic heterocycles. The van der Waals surface area contributed by atoms with E-state index in [4.69, 9.17) is 0 Å². The van der Waals surface area contributed by atoms with E-state index in [1.54, 1.807) is 0 Å². The molecule has 106 valence electrons. The summed E-state index contributed by atoms with van der Waals surface area (Å²) in [7, 11) is 0. The molecule has 2 atom stereocenters. The summed E-state index contributed by atoms with van der Waals surface area (Å²) >= 11 is 0. The van der Waals surface area contributed by atoms with Crippen LogP contribution in [0.5, 0.6) is 0 Å². The molecule has 0 aromatic heterocycles. The second kappa shape index (κ2) is 7.14. The molecule has 0 aliphatic carbocycles. The van der Waals surface area contributed by atoms with Crippen LogP contribution in [-0.4, -0.2) is 0 Å². The zero-order valence-electron chi connectivity index (χ0n) is 12.8. The standard InChI is InChI=1S/C19H25N/c1-4-15(3)16-11-13-18(14-12-16)20-19(5-2)17-9-7-6-8-10-17/h6-15,19-20H,4-5H2,1-3H3. The highest BCUT2D eigenvalue weighted by Gasteiger charge is 2.09. The van der Waals surface area contributed by atoms with Crippen molar-refractivity contribution in [1.82, 2.24) is 0 Å². The Labute approximate surface area is 123 Å². The van der Waals surface area contributed by atoms with Crippen LogP contribution in [0.25, 0.3) is 0 Å². The summed E-state index contributed by atoms with van der Waals surface area (Å²) in [4.78, 5) is 0. The zero-order chi connectivity index (χ0) is 14.4. The summed E-state index contributed by atoms with van der Waals surface area (Å²) in [6, 6.07) is 19.9. The lowest BCUT2D eigenvalue weighted by molar-refractivity contribution is 0.732. The SMILES string of the molecule is CCC(C)c1ccc(NC(CC)c2ccccc2)cc1. The third-order valence-electron chi connectivity index (χ3n) is 4.04. The van der Waals surface area contributed by atoms with E-state index >= 15 is 0 Å². The third-order valence-corrected chi connectivity index (χ3v) is 4.04. The van der Waals surface area contributed by atoms with Crippen LogP contribution in [0, 0.1) is 0 Å². The van der Waals surface area contributed by atoms with Gasteiger partial charge in [0.1, 0.15) is 0 Å². The average molecular weight is 267 g/mol. The molecule has 1 heteroatoms. The molecule has 2 unspecified atom stereocenters. The molecule has 0 aliphatic rings. The van der Waals surface area contributed by atoms with Crippen LogP contribution >= 0.6 is 0 Å². The van der Waals surface area contributed by atoms with Gasteiger partial charge in [-0.2, -0.15) is 0 Å². The molecule has 0 amide bonds. The summed E-state index contributed by atoms with van der Waals surface area (Å²) in [5.74, 6) is 0.639. The highest BCUT2D eigenvalue weighted by Crippen LogP contribution is 2.25. The first-order valence-corrected chi connectivity index (χ1v) is 7.66. The minimum Gasteiger partial charge on any atom is -0.378 e. The van der Waals surface area contributed by atoms with Gasteiger partial charge in [0, 0.05) is 5.69 Å². The van der Waals surface area contributed by atoms with Gasteiger partial charge in [-0.1, -0.05) is 63.2 Å². The molecule has 1 nitrogen and oxygen atoms in total. The lowest BCUT2D eigenvalue weighted by Crippen LogP contribution is -2.09. The van der Waals surface area contributed by atoms with Crippen LogP contribution in [0.2, 0.25) is 0 Å². The molecule has 0 heterocycles. The van der Waals surface area contributed by atoms with E-state index in [1.165, 1.54) is 23.2 Å². The highest BCUT2D eigenvalue weighted by atomic mass is 14.9. The van der Waals surface area contributed by atoms with Crippen molar-refractivity contribution in [2.45, 2.75) is 45.6 Å². The predicted molar refractivity (Wildman–Crippen MR) is 88.2 cm³/mol. The fourth-order valence-electron chi connectivity index (χ4n) is 2.45. The van der Waals surface area contributed by atoms with Crippen molar-refractivity contribution < 1.29 is 0 Å². The Morgan fingerprint density at radius 3 is 2.00 bits per heavy atom. The molecule has 0 bridgehead atoms. The maximum atomic E-state index is 3.63. The predicted octanol–water partition coefficient (Wildman–Crippen LogP) is 5.76. The van der Waals surface area contributed by atoms with Crippen molar-refractivity contribution in [1.29, 1.82) is 0 Å². The van der Waals surface area contributed by atoms with Crippen LogP contribution in [0.1, 0.15) is 56.7 Å². The number of benzene rings is 2. The Bertz CT molecular complexity index is 501. The van der Waals surface area contributed by atoms with Crippen molar-refractivity contribution >= 4 is 5.69 Å². The Kier molecular flexibility index (Phi) is 5.23. The van der Waals surface area contributed by atoms with Gasteiger partial charge in [0.15, 0.2) is 0 Å². The zero-order valence-corrected chi connectivity index (χ0v) is 12.8. The van der Waals surface area contributed by atoms with E-state index in [-0.39, 0.29) is 0 Å². The second-order valence-corrected chi connectivity index (χ2v) is 5.45. The van der Waals surface area contributed by atoms with E-state index in [1.807, 2.05) is 0 Å². The summed E-state index contributed by atoms with van der Waals surface area (Å²) in [6.45, 7) is 6.73. The van der Waals surface area contributed by atoms with Crippen molar-refractivity contribution in [3.63, 3.8) is 0 Å². The number of nitrogens with one attached hydrogen (secondary N) is 1. The lowest BCUT2D eigenvalue weighted by Gasteiger charge is -2.19. The molecule has 0 radical (unpaired) electrons. The quantitative estimate of drug-likeness (QED) is 0.701. The molecule has 1 N–H and O–H groups in total.